The van der Waals surface area contributed by atoms with Crippen LogP contribution in [0.4, 0.5) is 0 Å². The highest BCUT2D eigenvalue weighted by atomic mass is 16.3. The first kappa shape index (κ1) is 14.8. The summed E-state index contributed by atoms with van der Waals surface area (Å²) >= 11 is 0. The number of likely N-dealkylation sites (N-methyl/N-ethyl adjacent to an activating group) is 1. The molecule has 0 radical (unpaired) electrons. The van der Waals surface area contributed by atoms with Crippen molar-refractivity contribution in [3.8, 4) is 0 Å². The standard InChI is InChI=1S/C15H28N2O2/c1-11-5-6-13(16)12(9-11)14(18)17(2)10-15(19)7-3-4-8-15/h11-13,19H,3-10,16H2,1-2H3. The Balaban J connectivity index is 1.94. The first-order valence-corrected chi connectivity index (χ1v) is 7.64. The summed E-state index contributed by atoms with van der Waals surface area (Å²) in [6.45, 7) is 2.65. The number of amides is 1. The predicted octanol–water partition coefficient (Wildman–Crippen LogP) is 1.51. The van der Waals surface area contributed by atoms with Gasteiger partial charge in [-0.2, -0.15) is 0 Å². The van der Waals surface area contributed by atoms with Gasteiger partial charge in [-0.15, -0.1) is 0 Å². The monoisotopic (exact) mass is 268 g/mol. The molecule has 2 aliphatic rings. The molecule has 2 fully saturated rings. The number of nitrogens with zero attached hydrogens (tertiary/aromatic N) is 1. The Morgan fingerprint density at radius 2 is 2.00 bits per heavy atom. The van der Waals surface area contributed by atoms with E-state index in [0.717, 1.165) is 44.9 Å². The number of aliphatic hydroxyl groups is 1. The highest BCUT2D eigenvalue weighted by Crippen LogP contribution is 2.32. The molecule has 0 aromatic carbocycles. The second-order valence-corrected chi connectivity index (χ2v) is 6.81. The summed E-state index contributed by atoms with van der Waals surface area (Å²) < 4.78 is 0. The van der Waals surface area contributed by atoms with Gasteiger partial charge in [0.15, 0.2) is 0 Å². The second-order valence-electron chi connectivity index (χ2n) is 6.81. The molecule has 0 bridgehead atoms. The molecule has 2 saturated carbocycles. The topological polar surface area (TPSA) is 66.6 Å². The largest absolute Gasteiger partial charge is 0.388 e. The highest BCUT2D eigenvalue weighted by molar-refractivity contribution is 5.79. The van der Waals surface area contributed by atoms with E-state index in [1.165, 1.54) is 0 Å². The number of hydrogen-bond donors (Lipinski definition) is 2. The van der Waals surface area contributed by atoms with Gasteiger partial charge in [-0.25, -0.2) is 0 Å². The molecular formula is C15H28N2O2. The van der Waals surface area contributed by atoms with Gasteiger partial charge in [0.25, 0.3) is 0 Å². The zero-order valence-corrected chi connectivity index (χ0v) is 12.3. The predicted molar refractivity (Wildman–Crippen MR) is 75.5 cm³/mol. The van der Waals surface area contributed by atoms with Crippen LogP contribution in [0.25, 0.3) is 0 Å². The van der Waals surface area contributed by atoms with E-state index in [1.54, 1.807) is 4.90 Å². The summed E-state index contributed by atoms with van der Waals surface area (Å²) in [6, 6.07) is -0.00984. The fraction of sp³-hybridized carbons (Fsp3) is 0.933. The van der Waals surface area contributed by atoms with Crippen molar-refractivity contribution < 1.29 is 9.90 Å². The van der Waals surface area contributed by atoms with Crippen molar-refractivity contribution in [3.63, 3.8) is 0 Å². The molecule has 3 unspecified atom stereocenters. The lowest BCUT2D eigenvalue weighted by Crippen LogP contribution is -2.49. The lowest BCUT2D eigenvalue weighted by molar-refractivity contribution is -0.139. The van der Waals surface area contributed by atoms with E-state index < -0.39 is 5.60 Å². The van der Waals surface area contributed by atoms with E-state index in [9.17, 15) is 9.90 Å². The molecule has 0 aromatic heterocycles. The van der Waals surface area contributed by atoms with Crippen molar-refractivity contribution in [2.75, 3.05) is 13.6 Å². The average Bonchev–Trinajstić information content (AvgIpc) is 2.78. The van der Waals surface area contributed by atoms with E-state index in [2.05, 4.69) is 6.92 Å². The molecule has 3 atom stereocenters. The van der Waals surface area contributed by atoms with Crippen LogP contribution >= 0.6 is 0 Å². The van der Waals surface area contributed by atoms with Crippen LogP contribution in [0.5, 0.6) is 0 Å². The van der Waals surface area contributed by atoms with Crippen LogP contribution in [0.1, 0.15) is 51.9 Å². The third-order valence-corrected chi connectivity index (χ3v) is 4.93. The molecule has 4 nitrogen and oxygen atoms in total. The smallest absolute Gasteiger partial charge is 0.227 e. The first-order chi connectivity index (χ1) is 8.91. The minimum Gasteiger partial charge on any atom is -0.388 e. The van der Waals surface area contributed by atoms with Gasteiger partial charge in [-0.1, -0.05) is 19.8 Å². The van der Waals surface area contributed by atoms with E-state index in [-0.39, 0.29) is 17.9 Å². The highest BCUT2D eigenvalue weighted by Gasteiger charge is 2.37. The van der Waals surface area contributed by atoms with Gasteiger partial charge in [-0.3, -0.25) is 4.79 Å². The van der Waals surface area contributed by atoms with Gasteiger partial charge in [-0.05, 0) is 38.0 Å². The van der Waals surface area contributed by atoms with Gasteiger partial charge >= 0.3 is 0 Å². The zero-order valence-electron chi connectivity index (χ0n) is 12.3. The van der Waals surface area contributed by atoms with Crippen LogP contribution in [0.3, 0.4) is 0 Å². The summed E-state index contributed by atoms with van der Waals surface area (Å²) in [4.78, 5) is 14.2. The minimum absolute atomic E-state index is 0.00984. The maximum absolute atomic E-state index is 12.5. The Bertz CT molecular complexity index is 326. The van der Waals surface area contributed by atoms with Crippen molar-refractivity contribution in [1.29, 1.82) is 0 Å². The van der Waals surface area contributed by atoms with Gasteiger partial charge in [0, 0.05) is 19.6 Å². The Kier molecular flexibility index (Phi) is 4.51. The normalized spacial score (nSPS) is 34.2. The van der Waals surface area contributed by atoms with Crippen LogP contribution in [0, 0.1) is 11.8 Å². The first-order valence-electron chi connectivity index (χ1n) is 7.64. The lowest BCUT2D eigenvalue weighted by atomic mass is 9.78. The van der Waals surface area contributed by atoms with Crippen molar-refractivity contribution in [2.45, 2.75) is 63.5 Å². The molecule has 0 heterocycles. The lowest BCUT2D eigenvalue weighted by Gasteiger charge is -2.36. The van der Waals surface area contributed by atoms with Crippen molar-refractivity contribution in [1.82, 2.24) is 4.90 Å². The second kappa shape index (κ2) is 5.80. The third-order valence-electron chi connectivity index (χ3n) is 4.93. The maximum atomic E-state index is 12.5. The maximum Gasteiger partial charge on any atom is 0.227 e. The number of carbonyl (C=O) groups is 1. The number of rotatable bonds is 3. The summed E-state index contributed by atoms with van der Waals surface area (Å²) in [5.74, 6) is 0.648. The molecular weight excluding hydrogens is 240 g/mol. The molecule has 110 valence electrons. The van der Waals surface area contributed by atoms with Crippen LogP contribution < -0.4 is 5.73 Å². The SMILES string of the molecule is CC1CCC(N)C(C(=O)N(C)CC2(O)CCCC2)C1. The molecule has 2 aliphatic carbocycles. The molecule has 0 saturated heterocycles. The van der Waals surface area contributed by atoms with Crippen LogP contribution in [0.15, 0.2) is 0 Å². The van der Waals surface area contributed by atoms with Crippen molar-refractivity contribution >= 4 is 5.91 Å². The Morgan fingerprint density at radius 1 is 1.37 bits per heavy atom. The van der Waals surface area contributed by atoms with Crippen LogP contribution in [0.2, 0.25) is 0 Å². The van der Waals surface area contributed by atoms with Gasteiger partial charge in [0.2, 0.25) is 5.91 Å². The fourth-order valence-corrected chi connectivity index (χ4v) is 3.68. The Morgan fingerprint density at radius 3 is 2.63 bits per heavy atom. The molecule has 2 rings (SSSR count). The molecule has 0 spiro atoms. The average molecular weight is 268 g/mol. The third kappa shape index (κ3) is 3.48. The number of hydrogen-bond acceptors (Lipinski definition) is 3. The number of carbonyl (C=O) groups excluding carboxylic acids is 1. The summed E-state index contributed by atoms with van der Waals surface area (Å²) in [5, 5.41) is 10.4. The van der Waals surface area contributed by atoms with Gasteiger partial charge in [0.05, 0.1) is 11.5 Å². The van der Waals surface area contributed by atoms with E-state index >= 15 is 0 Å². The molecule has 3 N–H and O–H groups in total. The van der Waals surface area contributed by atoms with E-state index in [4.69, 9.17) is 5.73 Å². The van der Waals surface area contributed by atoms with Crippen LogP contribution in [-0.4, -0.2) is 41.1 Å². The van der Waals surface area contributed by atoms with Crippen molar-refractivity contribution in [3.05, 3.63) is 0 Å². The van der Waals surface area contributed by atoms with Crippen LogP contribution in [-0.2, 0) is 4.79 Å². The molecule has 0 aliphatic heterocycles. The quantitative estimate of drug-likeness (QED) is 0.815. The van der Waals surface area contributed by atoms with Gasteiger partial charge in [0.1, 0.15) is 0 Å². The van der Waals surface area contributed by atoms with Gasteiger partial charge < -0.3 is 15.7 Å². The Hall–Kier alpha value is -0.610. The van der Waals surface area contributed by atoms with Crippen molar-refractivity contribution in [2.24, 2.45) is 17.6 Å². The molecule has 1 amide bonds. The van der Waals surface area contributed by atoms with E-state index in [1.807, 2.05) is 7.05 Å². The van der Waals surface area contributed by atoms with E-state index in [0.29, 0.717) is 12.5 Å². The molecule has 0 aromatic rings. The summed E-state index contributed by atoms with van der Waals surface area (Å²) in [5.41, 5.74) is 5.45. The fourth-order valence-electron chi connectivity index (χ4n) is 3.68. The minimum atomic E-state index is -0.658. The number of nitrogens with two attached hydrogens (primary N) is 1. The summed E-state index contributed by atoms with van der Waals surface area (Å²) in [6.07, 6.45) is 6.73. The molecule has 4 heteroatoms. The molecule has 19 heavy (non-hydrogen) atoms. The Labute approximate surface area is 116 Å². The zero-order chi connectivity index (χ0) is 14.0. The summed E-state index contributed by atoms with van der Waals surface area (Å²) in [7, 11) is 1.81.